The van der Waals surface area contributed by atoms with Gasteiger partial charge in [0.2, 0.25) is 5.91 Å². The number of carbonyl (C=O) groups is 1. The number of nitrogens with one attached hydrogen (secondary N) is 1. The molecule has 0 fully saturated rings. The van der Waals surface area contributed by atoms with Crippen LogP contribution in [0.3, 0.4) is 0 Å². The molecule has 0 atom stereocenters. The van der Waals surface area contributed by atoms with Crippen LogP contribution in [0.4, 0.5) is 0 Å². The van der Waals surface area contributed by atoms with Crippen LogP contribution < -0.4 is 10.1 Å². The quantitative estimate of drug-likeness (QED) is 0.609. The molecule has 0 aliphatic rings. The minimum Gasteiger partial charge on any atom is -0.496 e. The van der Waals surface area contributed by atoms with Gasteiger partial charge in [-0.1, -0.05) is 34.1 Å². The van der Waals surface area contributed by atoms with Gasteiger partial charge in [-0.2, -0.15) is 0 Å². The molecule has 3 rings (SSSR count). The van der Waals surface area contributed by atoms with E-state index in [9.17, 15) is 4.79 Å². The average molecular weight is 415 g/mol. The van der Waals surface area contributed by atoms with Crippen molar-refractivity contribution in [2.75, 3.05) is 7.11 Å². The van der Waals surface area contributed by atoms with Gasteiger partial charge in [0, 0.05) is 46.6 Å². The van der Waals surface area contributed by atoms with Crippen LogP contribution in [0.2, 0.25) is 0 Å². The molecule has 0 spiro atoms. The number of rotatable bonds is 7. The van der Waals surface area contributed by atoms with Crippen molar-refractivity contribution >= 4 is 32.7 Å². The van der Waals surface area contributed by atoms with Gasteiger partial charge in [0.05, 0.1) is 7.11 Å². The molecule has 1 N–H and O–H groups in total. The maximum atomic E-state index is 12.3. The summed E-state index contributed by atoms with van der Waals surface area (Å²) in [7, 11) is 1.64. The lowest BCUT2D eigenvalue weighted by atomic mass is 10.1. The number of amides is 1. The number of hydrogen-bond acceptors (Lipinski definition) is 2. The van der Waals surface area contributed by atoms with Crippen molar-refractivity contribution in [1.82, 2.24) is 9.88 Å². The summed E-state index contributed by atoms with van der Waals surface area (Å²) in [5, 5.41) is 4.23. The Morgan fingerprint density at radius 2 is 2.00 bits per heavy atom. The summed E-state index contributed by atoms with van der Waals surface area (Å²) in [6.45, 7) is 3.52. The third-order valence-corrected chi connectivity index (χ3v) is 5.04. The van der Waals surface area contributed by atoms with Gasteiger partial charge in [-0.3, -0.25) is 4.79 Å². The van der Waals surface area contributed by atoms with Gasteiger partial charge in [-0.25, -0.2) is 0 Å². The van der Waals surface area contributed by atoms with E-state index in [2.05, 4.69) is 57.1 Å². The normalized spacial score (nSPS) is 10.9. The summed E-state index contributed by atoms with van der Waals surface area (Å²) >= 11 is 3.46. The minimum atomic E-state index is 0.0420. The number of hydrogen-bond donors (Lipinski definition) is 1. The highest BCUT2D eigenvalue weighted by atomic mass is 79.9. The summed E-state index contributed by atoms with van der Waals surface area (Å²) in [6, 6.07) is 14.1. The fourth-order valence-electron chi connectivity index (χ4n) is 3.20. The number of aryl methyl sites for hydroxylation is 2. The van der Waals surface area contributed by atoms with Crippen molar-refractivity contribution in [3.05, 3.63) is 64.3 Å². The Morgan fingerprint density at radius 1 is 1.19 bits per heavy atom. The smallest absolute Gasteiger partial charge is 0.220 e. The molecule has 5 heteroatoms. The second-order valence-corrected chi connectivity index (χ2v) is 7.11. The maximum absolute atomic E-state index is 12.3. The van der Waals surface area contributed by atoms with Crippen molar-refractivity contribution in [2.45, 2.75) is 32.9 Å². The predicted octanol–water partition coefficient (Wildman–Crippen LogP) is 4.68. The monoisotopic (exact) mass is 414 g/mol. The topological polar surface area (TPSA) is 43.3 Å². The first kappa shape index (κ1) is 18.5. The molecule has 0 unspecified atom stereocenters. The van der Waals surface area contributed by atoms with Crippen LogP contribution in [-0.4, -0.2) is 17.6 Å². The summed E-state index contributed by atoms with van der Waals surface area (Å²) < 4.78 is 8.55. The Morgan fingerprint density at radius 3 is 2.77 bits per heavy atom. The third-order valence-electron chi connectivity index (χ3n) is 4.55. The van der Waals surface area contributed by atoms with E-state index in [1.54, 1.807) is 7.11 Å². The Balaban J connectivity index is 1.62. The highest BCUT2D eigenvalue weighted by Crippen LogP contribution is 2.24. The number of halogens is 1. The lowest BCUT2D eigenvalue weighted by Crippen LogP contribution is -2.23. The van der Waals surface area contributed by atoms with E-state index in [0.717, 1.165) is 28.8 Å². The van der Waals surface area contributed by atoms with E-state index in [1.807, 2.05) is 24.3 Å². The summed E-state index contributed by atoms with van der Waals surface area (Å²) in [4.78, 5) is 12.3. The molecule has 0 radical (unpaired) electrons. The third kappa shape index (κ3) is 4.10. The zero-order chi connectivity index (χ0) is 18.5. The molecule has 2 aromatic carbocycles. The van der Waals surface area contributed by atoms with Crippen molar-refractivity contribution in [2.24, 2.45) is 0 Å². The Kier molecular flexibility index (Phi) is 5.99. The van der Waals surface area contributed by atoms with Crippen LogP contribution in [0.25, 0.3) is 10.9 Å². The van der Waals surface area contributed by atoms with E-state index in [4.69, 9.17) is 4.74 Å². The number of aromatic nitrogens is 1. The number of para-hydroxylation sites is 1. The highest BCUT2D eigenvalue weighted by Gasteiger charge is 2.10. The first-order chi connectivity index (χ1) is 12.6. The molecule has 1 heterocycles. The van der Waals surface area contributed by atoms with Crippen molar-refractivity contribution < 1.29 is 9.53 Å². The molecule has 0 saturated carbocycles. The van der Waals surface area contributed by atoms with Crippen LogP contribution >= 0.6 is 15.9 Å². The van der Waals surface area contributed by atoms with E-state index in [-0.39, 0.29) is 5.91 Å². The summed E-state index contributed by atoms with van der Waals surface area (Å²) in [6.07, 6.45) is 3.36. The molecule has 136 valence electrons. The second-order valence-electron chi connectivity index (χ2n) is 6.19. The van der Waals surface area contributed by atoms with E-state index in [1.165, 1.54) is 16.5 Å². The first-order valence-corrected chi connectivity index (χ1v) is 9.57. The molecule has 0 saturated heterocycles. The molecule has 3 aromatic rings. The lowest BCUT2D eigenvalue weighted by Gasteiger charge is -2.10. The van der Waals surface area contributed by atoms with Crippen molar-refractivity contribution in [1.29, 1.82) is 0 Å². The van der Waals surface area contributed by atoms with E-state index < -0.39 is 0 Å². The summed E-state index contributed by atoms with van der Waals surface area (Å²) in [5.41, 5.74) is 3.40. The van der Waals surface area contributed by atoms with E-state index >= 15 is 0 Å². The Hall–Kier alpha value is -2.27. The number of methoxy groups -OCH3 is 1. The van der Waals surface area contributed by atoms with Crippen LogP contribution in [0, 0.1) is 0 Å². The standard InChI is InChI=1S/C21H23BrN2O2/c1-3-24-14-15(18-6-4-5-7-19(18)24)8-11-21(25)23-13-16-12-17(22)9-10-20(16)26-2/h4-7,9-10,12,14H,3,8,11,13H2,1-2H3,(H,23,25). The average Bonchev–Trinajstić information content (AvgIpc) is 3.03. The van der Waals surface area contributed by atoms with Gasteiger partial charge in [0.25, 0.3) is 0 Å². The molecular formula is C21H23BrN2O2. The predicted molar refractivity (Wildman–Crippen MR) is 108 cm³/mol. The van der Waals surface area contributed by atoms with Gasteiger partial charge in [-0.15, -0.1) is 0 Å². The molecule has 4 nitrogen and oxygen atoms in total. The molecule has 0 aliphatic heterocycles. The first-order valence-electron chi connectivity index (χ1n) is 8.78. The minimum absolute atomic E-state index is 0.0420. The van der Waals surface area contributed by atoms with Crippen LogP contribution in [-0.2, 0) is 24.3 Å². The summed E-state index contributed by atoms with van der Waals surface area (Å²) in [5.74, 6) is 0.819. The molecule has 0 aliphatic carbocycles. The van der Waals surface area contributed by atoms with Crippen molar-refractivity contribution in [3.63, 3.8) is 0 Å². The van der Waals surface area contributed by atoms with Gasteiger partial charge in [-0.05, 0) is 43.2 Å². The zero-order valence-corrected chi connectivity index (χ0v) is 16.7. The Labute approximate surface area is 162 Å². The Bertz CT molecular complexity index is 918. The van der Waals surface area contributed by atoms with Gasteiger partial charge >= 0.3 is 0 Å². The molecule has 1 aromatic heterocycles. The maximum Gasteiger partial charge on any atom is 0.220 e. The van der Waals surface area contributed by atoms with Crippen LogP contribution in [0.15, 0.2) is 53.1 Å². The number of benzene rings is 2. The van der Waals surface area contributed by atoms with Gasteiger partial charge in [0.15, 0.2) is 0 Å². The van der Waals surface area contributed by atoms with Crippen molar-refractivity contribution in [3.8, 4) is 5.75 Å². The molecular weight excluding hydrogens is 392 g/mol. The molecule has 26 heavy (non-hydrogen) atoms. The fraction of sp³-hybridized carbons (Fsp3) is 0.286. The second kappa shape index (κ2) is 8.41. The zero-order valence-electron chi connectivity index (χ0n) is 15.1. The molecule has 0 bridgehead atoms. The van der Waals surface area contributed by atoms with Gasteiger partial charge in [0.1, 0.15) is 5.75 Å². The van der Waals surface area contributed by atoms with Crippen LogP contribution in [0.5, 0.6) is 5.75 Å². The number of carbonyl (C=O) groups excluding carboxylic acids is 1. The number of ether oxygens (including phenoxy) is 1. The largest absolute Gasteiger partial charge is 0.496 e. The fourth-order valence-corrected chi connectivity index (χ4v) is 3.61. The SMILES string of the molecule is CCn1cc(CCC(=O)NCc2cc(Br)ccc2OC)c2ccccc21. The van der Waals surface area contributed by atoms with Crippen LogP contribution in [0.1, 0.15) is 24.5 Å². The number of fused-ring (bicyclic) bond motifs is 1. The van der Waals surface area contributed by atoms with Gasteiger partial charge < -0.3 is 14.6 Å². The van der Waals surface area contributed by atoms with E-state index in [0.29, 0.717) is 13.0 Å². The number of nitrogens with zero attached hydrogens (tertiary/aromatic N) is 1. The highest BCUT2D eigenvalue weighted by molar-refractivity contribution is 9.10. The molecule has 1 amide bonds. The lowest BCUT2D eigenvalue weighted by molar-refractivity contribution is -0.121.